The molecule has 1 rings (SSSR count). The summed E-state index contributed by atoms with van der Waals surface area (Å²) in [5.41, 5.74) is 0.680. The van der Waals surface area contributed by atoms with Crippen molar-refractivity contribution in [3.63, 3.8) is 0 Å². The number of methoxy groups -OCH3 is 1. The largest absolute Gasteiger partial charge is 0.495 e. The lowest BCUT2D eigenvalue weighted by molar-refractivity contribution is -0.250. The summed E-state index contributed by atoms with van der Waals surface area (Å²) < 4.78 is 31.3. The van der Waals surface area contributed by atoms with Crippen LogP contribution >= 0.6 is 7.75 Å². The Kier molecular flexibility index (Phi) is 8.37. The van der Waals surface area contributed by atoms with Gasteiger partial charge in [0.2, 0.25) is 0 Å². The van der Waals surface area contributed by atoms with Crippen LogP contribution in [0.4, 0.5) is 4.79 Å². The first-order valence-electron chi connectivity index (χ1n) is 6.57. The standard InChI is InChI=1S/C13H18NO9P/c1-18-12(15)9-14(24(17,22-19-2)23-20-3)13(16)21-10-11-7-5-4-6-8-11/h4-8H,9-10H2,1-3H3. The number of carbonyl (C=O) groups is 2. The van der Waals surface area contributed by atoms with E-state index in [9.17, 15) is 14.2 Å². The number of rotatable bonds is 9. The molecule has 0 atom stereocenters. The van der Waals surface area contributed by atoms with Crippen molar-refractivity contribution in [2.24, 2.45) is 0 Å². The Morgan fingerprint density at radius 2 is 1.62 bits per heavy atom. The van der Waals surface area contributed by atoms with E-state index in [1.165, 1.54) is 0 Å². The first-order valence-corrected chi connectivity index (χ1v) is 8.06. The summed E-state index contributed by atoms with van der Waals surface area (Å²) in [7, 11) is -1.29. The third-order valence-corrected chi connectivity index (χ3v) is 4.13. The van der Waals surface area contributed by atoms with Crippen molar-refractivity contribution < 1.29 is 42.8 Å². The highest BCUT2D eigenvalue weighted by Crippen LogP contribution is 2.52. The molecule has 0 heterocycles. The molecule has 0 aliphatic heterocycles. The van der Waals surface area contributed by atoms with Crippen LogP contribution in [0.5, 0.6) is 0 Å². The number of nitrogens with zero attached hydrogens (tertiary/aromatic N) is 1. The van der Waals surface area contributed by atoms with Crippen LogP contribution in [-0.2, 0) is 44.6 Å². The zero-order chi connectivity index (χ0) is 18.0. The zero-order valence-electron chi connectivity index (χ0n) is 13.4. The van der Waals surface area contributed by atoms with E-state index < -0.39 is 26.4 Å². The SMILES string of the molecule is COOP(=O)(OOC)N(CC(=O)OC)C(=O)OCc1ccccc1. The second kappa shape index (κ2) is 10.0. The van der Waals surface area contributed by atoms with Gasteiger partial charge >= 0.3 is 19.8 Å². The summed E-state index contributed by atoms with van der Waals surface area (Å²) in [5.74, 6) is -0.883. The van der Waals surface area contributed by atoms with E-state index in [1.54, 1.807) is 30.3 Å². The molecule has 0 spiro atoms. The van der Waals surface area contributed by atoms with Gasteiger partial charge in [-0.2, -0.15) is 4.67 Å². The van der Waals surface area contributed by atoms with Crippen LogP contribution in [0.25, 0.3) is 0 Å². The quantitative estimate of drug-likeness (QED) is 0.282. The number of amides is 1. The number of benzene rings is 1. The molecule has 10 nitrogen and oxygen atoms in total. The number of carbonyl (C=O) groups excluding carboxylic acids is 2. The third-order valence-electron chi connectivity index (χ3n) is 2.56. The number of hydrogen-bond acceptors (Lipinski definition) is 9. The van der Waals surface area contributed by atoms with E-state index in [2.05, 4.69) is 23.9 Å². The molecule has 0 fully saturated rings. The fourth-order valence-corrected chi connectivity index (χ4v) is 2.62. The smallest absolute Gasteiger partial charge is 0.468 e. The summed E-state index contributed by atoms with van der Waals surface area (Å²) in [4.78, 5) is 32.3. The van der Waals surface area contributed by atoms with Gasteiger partial charge < -0.3 is 9.47 Å². The Bertz CT molecular complexity index is 570. The van der Waals surface area contributed by atoms with Gasteiger partial charge in [0.1, 0.15) is 13.2 Å². The van der Waals surface area contributed by atoms with E-state index in [0.717, 1.165) is 21.3 Å². The minimum Gasteiger partial charge on any atom is -0.468 e. The van der Waals surface area contributed by atoms with Crippen LogP contribution in [0.3, 0.4) is 0 Å². The first-order chi connectivity index (χ1) is 11.5. The fraction of sp³-hybridized carbons (Fsp3) is 0.385. The van der Waals surface area contributed by atoms with E-state index in [-0.39, 0.29) is 6.61 Å². The predicted molar refractivity (Wildman–Crippen MR) is 79.1 cm³/mol. The molecule has 0 saturated carbocycles. The second-order valence-corrected chi connectivity index (χ2v) is 5.84. The van der Waals surface area contributed by atoms with Gasteiger partial charge in [-0.25, -0.2) is 19.1 Å². The molecule has 0 N–H and O–H groups in total. The molecule has 0 aliphatic carbocycles. The van der Waals surface area contributed by atoms with E-state index in [4.69, 9.17) is 4.74 Å². The topological polar surface area (TPSA) is 110 Å². The number of hydrogen-bond donors (Lipinski definition) is 0. The van der Waals surface area contributed by atoms with E-state index in [0.29, 0.717) is 10.2 Å². The van der Waals surface area contributed by atoms with Crippen molar-refractivity contribution >= 4 is 19.8 Å². The van der Waals surface area contributed by atoms with E-state index in [1.807, 2.05) is 0 Å². The maximum atomic E-state index is 12.5. The maximum Gasteiger partial charge on any atom is 0.495 e. The van der Waals surface area contributed by atoms with Crippen LogP contribution in [0.15, 0.2) is 30.3 Å². The highest BCUT2D eigenvalue weighted by molar-refractivity contribution is 7.51. The Balaban J connectivity index is 2.92. The van der Waals surface area contributed by atoms with Crippen LogP contribution < -0.4 is 0 Å². The van der Waals surface area contributed by atoms with Gasteiger partial charge in [-0.1, -0.05) is 30.3 Å². The molecule has 0 aliphatic rings. The van der Waals surface area contributed by atoms with Crippen molar-refractivity contribution in [2.75, 3.05) is 27.9 Å². The van der Waals surface area contributed by atoms with Crippen molar-refractivity contribution in [3.8, 4) is 0 Å². The van der Waals surface area contributed by atoms with Gasteiger partial charge in [0.15, 0.2) is 0 Å². The molecule has 0 radical (unpaired) electrons. The maximum absolute atomic E-state index is 12.5. The Morgan fingerprint density at radius 1 is 1.04 bits per heavy atom. The lowest BCUT2D eigenvalue weighted by Gasteiger charge is -2.25. The summed E-state index contributed by atoms with van der Waals surface area (Å²) in [5, 5.41) is 0. The minimum absolute atomic E-state index is 0.128. The Labute approximate surface area is 138 Å². The fourth-order valence-electron chi connectivity index (χ4n) is 1.51. The van der Waals surface area contributed by atoms with Gasteiger partial charge in [0.25, 0.3) is 0 Å². The molecule has 0 bridgehead atoms. The molecule has 0 unspecified atom stereocenters. The number of ether oxygens (including phenoxy) is 2. The second-order valence-electron chi connectivity index (χ2n) is 4.12. The number of esters is 1. The lowest BCUT2D eigenvalue weighted by Crippen LogP contribution is -2.35. The molecular formula is C13H18NO9P. The van der Waals surface area contributed by atoms with Gasteiger partial charge in [-0.05, 0) is 5.56 Å². The highest BCUT2D eigenvalue weighted by Gasteiger charge is 2.43. The molecule has 0 saturated heterocycles. The van der Waals surface area contributed by atoms with Gasteiger partial charge in [-0.15, -0.1) is 9.35 Å². The van der Waals surface area contributed by atoms with Gasteiger partial charge in [-0.3, -0.25) is 4.79 Å². The monoisotopic (exact) mass is 363 g/mol. The third kappa shape index (κ3) is 5.91. The highest BCUT2D eigenvalue weighted by atomic mass is 31.2. The van der Waals surface area contributed by atoms with Crippen molar-refractivity contribution in [3.05, 3.63) is 35.9 Å². The van der Waals surface area contributed by atoms with E-state index >= 15 is 0 Å². The molecule has 1 aromatic rings. The van der Waals surface area contributed by atoms with Crippen LogP contribution in [0, 0.1) is 0 Å². The van der Waals surface area contributed by atoms with Crippen LogP contribution in [0.1, 0.15) is 5.56 Å². The van der Waals surface area contributed by atoms with Crippen molar-refractivity contribution in [2.45, 2.75) is 6.61 Å². The van der Waals surface area contributed by atoms with Crippen molar-refractivity contribution in [1.82, 2.24) is 4.67 Å². The van der Waals surface area contributed by atoms with Gasteiger partial charge in [0, 0.05) is 0 Å². The molecule has 1 aromatic carbocycles. The zero-order valence-corrected chi connectivity index (χ0v) is 14.3. The molecule has 1 amide bonds. The Morgan fingerprint density at radius 3 is 2.12 bits per heavy atom. The van der Waals surface area contributed by atoms with Gasteiger partial charge in [0.05, 0.1) is 21.3 Å². The molecule has 11 heteroatoms. The Hall–Kier alpha value is -1.97. The summed E-state index contributed by atoms with van der Waals surface area (Å²) in [6, 6.07) is 8.73. The minimum atomic E-state index is -4.46. The predicted octanol–water partition coefficient (Wildman–Crippen LogP) is 2.06. The molecular weight excluding hydrogens is 345 g/mol. The molecule has 24 heavy (non-hydrogen) atoms. The average Bonchev–Trinajstić information content (AvgIpc) is 2.58. The molecule has 134 valence electrons. The average molecular weight is 363 g/mol. The summed E-state index contributed by atoms with van der Waals surface area (Å²) >= 11 is 0. The summed E-state index contributed by atoms with van der Waals surface area (Å²) in [6.07, 6.45) is -1.15. The summed E-state index contributed by atoms with van der Waals surface area (Å²) in [6.45, 7) is -0.897. The molecule has 0 aromatic heterocycles. The van der Waals surface area contributed by atoms with Crippen molar-refractivity contribution in [1.29, 1.82) is 0 Å². The van der Waals surface area contributed by atoms with Crippen LogP contribution in [0.2, 0.25) is 0 Å². The van der Waals surface area contributed by atoms with Crippen LogP contribution in [-0.4, -0.2) is 44.6 Å². The first kappa shape index (κ1) is 20.1. The normalized spacial score (nSPS) is 11.0. The lowest BCUT2D eigenvalue weighted by atomic mass is 10.2.